The van der Waals surface area contributed by atoms with Gasteiger partial charge in [0.15, 0.2) is 0 Å². The molecule has 0 saturated carbocycles. The molecule has 0 atom stereocenters. The van der Waals surface area contributed by atoms with Crippen molar-refractivity contribution in [2.24, 2.45) is 0 Å². The molecule has 0 aliphatic heterocycles. The van der Waals surface area contributed by atoms with Crippen LogP contribution in [-0.2, 0) is 0 Å². The first-order valence-corrected chi connectivity index (χ1v) is 8.55. The Kier molecular flexibility index (Phi) is 3.74. The Labute approximate surface area is 116 Å². The average molecular weight is 279 g/mol. The van der Waals surface area contributed by atoms with Gasteiger partial charge in [-0.2, -0.15) is 0 Å². The van der Waals surface area contributed by atoms with Gasteiger partial charge in [-0.25, -0.2) is 0 Å². The minimum atomic E-state index is -1.54. The van der Waals surface area contributed by atoms with E-state index in [0.29, 0.717) is 0 Å². The van der Waals surface area contributed by atoms with Crippen LogP contribution in [0.2, 0.25) is 0 Å². The predicted octanol–water partition coefficient (Wildman–Crippen LogP) is 5.86. The molecule has 0 N–H and O–H groups in total. The summed E-state index contributed by atoms with van der Waals surface area (Å²) in [4.78, 5) is 2.45. The van der Waals surface area contributed by atoms with Crippen LogP contribution >= 0.6 is 19.9 Å². The van der Waals surface area contributed by atoms with Gasteiger partial charge in [0.25, 0.3) is 0 Å². The van der Waals surface area contributed by atoms with Crippen molar-refractivity contribution in [2.75, 3.05) is 0 Å². The lowest BCUT2D eigenvalue weighted by Gasteiger charge is -2.45. The van der Waals surface area contributed by atoms with E-state index in [-0.39, 0.29) is 4.75 Å². The zero-order valence-corrected chi connectivity index (χ0v) is 12.6. The molecule has 0 unspecified atom stereocenters. The second-order valence-corrected chi connectivity index (χ2v) is 9.91. The van der Waals surface area contributed by atoms with Crippen LogP contribution in [-0.4, -0.2) is 4.75 Å². The first-order chi connectivity index (χ1) is 8.46. The van der Waals surface area contributed by atoms with Gasteiger partial charge < -0.3 is 0 Å². The maximum absolute atomic E-state index is 7.15. The third-order valence-electron chi connectivity index (χ3n) is 2.98. The zero-order valence-electron chi connectivity index (χ0n) is 11.1. The topological polar surface area (TPSA) is 0 Å². The molecule has 96 valence electrons. The van der Waals surface area contributed by atoms with E-state index in [0.717, 1.165) is 0 Å². The highest BCUT2D eigenvalue weighted by atomic mass is 35.7. The van der Waals surface area contributed by atoms with Crippen molar-refractivity contribution in [3.8, 4) is 0 Å². The van der Waals surface area contributed by atoms with Crippen LogP contribution in [0.1, 0.15) is 20.8 Å². The van der Waals surface area contributed by atoms with E-state index in [9.17, 15) is 0 Å². The summed E-state index contributed by atoms with van der Waals surface area (Å²) >= 11 is 0. The van der Waals surface area contributed by atoms with Crippen LogP contribution in [0.5, 0.6) is 0 Å². The van der Waals surface area contributed by atoms with E-state index in [4.69, 9.17) is 10.7 Å². The van der Waals surface area contributed by atoms with Gasteiger partial charge in [0, 0.05) is 14.5 Å². The number of benzene rings is 2. The lowest BCUT2D eigenvalue weighted by molar-refractivity contribution is 0.787. The molecule has 0 aliphatic rings. The largest absolute Gasteiger partial charge is 0.103 e. The number of rotatable bonds is 2. The SMILES string of the molecule is CC(C)(C)S(Cl)(c1ccccc1)c1ccccc1. The third kappa shape index (κ3) is 2.30. The smallest absolute Gasteiger partial charge is 0.0124 e. The Bertz CT molecular complexity index is 460. The summed E-state index contributed by atoms with van der Waals surface area (Å²) in [5.41, 5.74) is 0. The quantitative estimate of drug-likeness (QED) is 0.645. The fraction of sp³-hybridized carbons (Fsp3) is 0.250. The lowest BCUT2D eigenvalue weighted by atomic mass is 10.3. The summed E-state index contributed by atoms with van der Waals surface area (Å²) < 4.78 is 0.0112. The number of hydrogen-bond donors (Lipinski definition) is 0. The Hall–Kier alpha value is -0.920. The summed E-state index contributed by atoms with van der Waals surface area (Å²) in [5, 5.41) is 0. The Balaban J connectivity index is 2.63. The first kappa shape index (κ1) is 13.5. The summed E-state index contributed by atoms with van der Waals surface area (Å²) in [6.07, 6.45) is 0. The van der Waals surface area contributed by atoms with Crippen molar-refractivity contribution in [1.82, 2.24) is 0 Å². The number of hydrogen-bond acceptors (Lipinski definition) is 0. The molecule has 0 aromatic heterocycles. The third-order valence-corrected chi connectivity index (χ3v) is 8.97. The van der Waals surface area contributed by atoms with Gasteiger partial charge >= 0.3 is 0 Å². The second kappa shape index (κ2) is 4.99. The van der Waals surface area contributed by atoms with Crippen molar-refractivity contribution >= 4 is 19.9 Å². The molecule has 0 spiro atoms. The fourth-order valence-electron chi connectivity index (χ4n) is 2.06. The first-order valence-electron chi connectivity index (χ1n) is 6.09. The molecule has 0 aliphatic carbocycles. The molecule has 0 radical (unpaired) electrons. The molecule has 0 amide bonds. The van der Waals surface area contributed by atoms with Gasteiger partial charge in [0.1, 0.15) is 0 Å². The summed E-state index contributed by atoms with van der Waals surface area (Å²) in [6, 6.07) is 20.9. The highest BCUT2D eigenvalue weighted by Crippen LogP contribution is 2.74. The van der Waals surface area contributed by atoms with E-state index in [2.05, 4.69) is 69.3 Å². The van der Waals surface area contributed by atoms with Crippen molar-refractivity contribution < 1.29 is 0 Å². The van der Waals surface area contributed by atoms with Crippen LogP contribution in [0.4, 0.5) is 0 Å². The summed E-state index contributed by atoms with van der Waals surface area (Å²) in [6.45, 7) is 6.65. The summed E-state index contributed by atoms with van der Waals surface area (Å²) in [5.74, 6) is 0. The molecule has 0 heterocycles. The second-order valence-electron chi connectivity index (χ2n) is 5.28. The van der Waals surface area contributed by atoms with Gasteiger partial charge in [-0.3, -0.25) is 0 Å². The highest BCUT2D eigenvalue weighted by Gasteiger charge is 2.38. The fourth-order valence-corrected chi connectivity index (χ4v) is 5.43. The lowest BCUT2D eigenvalue weighted by Crippen LogP contribution is -2.21. The van der Waals surface area contributed by atoms with E-state index in [1.54, 1.807) is 0 Å². The van der Waals surface area contributed by atoms with Gasteiger partial charge in [-0.15, -0.1) is 9.24 Å². The summed E-state index contributed by atoms with van der Waals surface area (Å²) in [7, 11) is 5.61. The predicted molar refractivity (Wildman–Crippen MR) is 82.6 cm³/mol. The highest BCUT2D eigenvalue weighted by molar-refractivity contribution is 8.52. The average Bonchev–Trinajstić information content (AvgIpc) is 2.38. The van der Waals surface area contributed by atoms with Crippen LogP contribution in [0, 0.1) is 0 Å². The van der Waals surface area contributed by atoms with E-state index >= 15 is 0 Å². The van der Waals surface area contributed by atoms with Gasteiger partial charge in [-0.05, 0) is 24.3 Å². The molecule has 0 saturated heterocycles. The Morgan fingerprint density at radius 1 is 0.722 bits per heavy atom. The van der Waals surface area contributed by atoms with Crippen LogP contribution < -0.4 is 0 Å². The normalized spacial score (nSPS) is 13.3. The zero-order chi connectivity index (χ0) is 13.2. The molecule has 0 fully saturated rings. The molecule has 2 heteroatoms. The van der Waals surface area contributed by atoms with Gasteiger partial charge in [0.05, 0.1) is 0 Å². The van der Waals surface area contributed by atoms with Gasteiger partial charge in [0.2, 0.25) is 0 Å². The minimum absolute atomic E-state index is 0.0112. The van der Waals surface area contributed by atoms with Crippen molar-refractivity contribution in [2.45, 2.75) is 35.3 Å². The van der Waals surface area contributed by atoms with E-state index < -0.39 is 9.24 Å². The van der Waals surface area contributed by atoms with Crippen LogP contribution in [0.15, 0.2) is 70.5 Å². The molecular weight excluding hydrogens is 260 g/mol. The molecule has 2 aromatic rings. The van der Waals surface area contributed by atoms with E-state index in [1.165, 1.54) is 9.79 Å². The molecule has 0 nitrogen and oxygen atoms in total. The standard InChI is InChI=1S/C16H19ClS/c1-16(2,3)18(17,14-10-6-4-7-11-14)15-12-8-5-9-13-15/h4-13H,1-3H3. The molecular formula is C16H19ClS. The van der Waals surface area contributed by atoms with E-state index in [1.807, 2.05) is 12.1 Å². The van der Waals surface area contributed by atoms with Crippen LogP contribution in [0.25, 0.3) is 0 Å². The van der Waals surface area contributed by atoms with Crippen molar-refractivity contribution in [1.29, 1.82) is 0 Å². The molecule has 0 bridgehead atoms. The van der Waals surface area contributed by atoms with Crippen LogP contribution in [0.3, 0.4) is 0 Å². The molecule has 2 aromatic carbocycles. The van der Waals surface area contributed by atoms with Crippen molar-refractivity contribution in [3.63, 3.8) is 0 Å². The Morgan fingerprint density at radius 3 is 1.33 bits per heavy atom. The van der Waals surface area contributed by atoms with Gasteiger partial charge in [-0.1, -0.05) is 67.9 Å². The number of halogens is 1. The maximum atomic E-state index is 7.15. The monoisotopic (exact) mass is 278 g/mol. The maximum Gasteiger partial charge on any atom is 0.0124 e. The Morgan fingerprint density at radius 2 is 1.06 bits per heavy atom. The molecule has 2 rings (SSSR count). The van der Waals surface area contributed by atoms with Crippen molar-refractivity contribution in [3.05, 3.63) is 60.7 Å². The molecule has 18 heavy (non-hydrogen) atoms. The minimum Gasteiger partial charge on any atom is -0.103 e.